The van der Waals surface area contributed by atoms with Gasteiger partial charge in [0.15, 0.2) is 0 Å². The highest BCUT2D eigenvalue weighted by atomic mass is 32.1. The lowest BCUT2D eigenvalue weighted by molar-refractivity contribution is -0.0778. The van der Waals surface area contributed by atoms with E-state index in [4.69, 9.17) is 10.6 Å². The van der Waals surface area contributed by atoms with Crippen LogP contribution in [0.25, 0.3) is 0 Å². The molecule has 1 saturated heterocycles. The minimum absolute atomic E-state index is 0.0750. The van der Waals surface area contributed by atoms with Crippen molar-refractivity contribution in [3.8, 4) is 0 Å². The monoisotopic (exact) mass is 268 g/mol. The highest BCUT2D eigenvalue weighted by Gasteiger charge is 2.49. The van der Waals surface area contributed by atoms with Gasteiger partial charge in [-0.25, -0.2) is 0 Å². The number of aryl methyl sites for hydroxylation is 1. The average Bonchev–Trinajstić information content (AvgIpc) is 2.71. The molecule has 2 rings (SSSR count). The summed E-state index contributed by atoms with van der Waals surface area (Å²) in [5.74, 6) is 6.21. The number of thiophene rings is 1. The normalized spacial score (nSPS) is 27.3. The summed E-state index contributed by atoms with van der Waals surface area (Å²) in [4.78, 5) is 1.33. The minimum atomic E-state index is -0.156. The molecule has 0 bridgehead atoms. The lowest BCUT2D eigenvalue weighted by Gasteiger charge is -2.32. The fraction of sp³-hybridized carbons (Fsp3) is 0.714. The molecule has 3 nitrogen and oxygen atoms in total. The van der Waals surface area contributed by atoms with Crippen LogP contribution in [0.1, 0.15) is 50.6 Å². The van der Waals surface area contributed by atoms with Crippen molar-refractivity contribution in [3.63, 3.8) is 0 Å². The van der Waals surface area contributed by atoms with Crippen molar-refractivity contribution >= 4 is 11.3 Å². The van der Waals surface area contributed by atoms with E-state index in [1.54, 1.807) is 11.3 Å². The number of hydrogen-bond acceptors (Lipinski definition) is 4. The maximum Gasteiger partial charge on any atom is 0.0681 e. The van der Waals surface area contributed by atoms with Crippen LogP contribution in [0.15, 0.2) is 11.4 Å². The molecular weight excluding hydrogens is 244 g/mol. The standard InChI is InChI=1S/C14H24N2OS/c1-9-6-7-18-12(9)11(16-15)10-8-13(2,3)17-14(10,4)5/h6-7,10-11,16H,8,15H2,1-5H3. The second-order valence-electron chi connectivity index (χ2n) is 6.39. The fourth-order valence-corrected chi connectivity index (χ4v) is 4.25. The molecule has 1 aromatic rings. The molecule has 3 N–H and O–H groups in total. The van der Waals surface area contributed by atoms with E-state index >= 15 is 0 Å². The number of nitrogens with one attached hydrogen (secondary N) is 1. The van der Waals surface area contributed by atoms with Crippen LogP contribution < -0.4 is 11.3 Å². The van der Waals surface area contributed by atoms with Gasteiger partial charge in [0.2, 0.25) is 0 Å². The van der Waals surface area contributed by atoms with Crippen LogP contribution in [0.2, 0.25) is 0 Å². The molecule has 1 aliphatic rings. The number of hydrazine groups is 1. The Morgan fingerprint density at radius 3 is 2.50 bits per heavy atom. The molecule has 2 unspecified atom stereocenters. The molecule has 0 radical (unpaired) electrons. The number of rotatable bonds is 3. The lowest BCUT2D eigenvalue weighted by Crippen LogP contribution is -2.41. The first-order chi connectivity index (χ1) is 8.27. The van der Waals surface area contributed by atoms with Gasteiger partial charge in [-0.3, -0.25) is 11.3 Å². The van der Waals surface area contributed by atoms with Gasteiger partial charge in [0, 0.05) is 10.8 Å². The Morgan fingerprint density at radius 1 is 1.44 bits per heavy atom. The molecule has 2 heterocycles. The number of hydrogen-bond donors (Lipinski definition) is 2. The zero-order valence-electron chi connectivity index (χ0n) is 11.9. The largest absolute Gasteiger partial charge is 0.369 e. The molecule has 4 heteroatoms. The maximum atomic E-state index is 6.18. The second kappa shape index (κ2) is 4.60. The molecule has 0 aliphatic carbocycles. The van der Waals surface area contributed by atoms with E-state index in [1.807, 2.05) is 0 Å². The zero-order chi connectivity index (χ0) is 13.6. The summed E-state index contributed by atoms with van der Waals surface area (Å²) in [7, 11) is 0. The highest BCUT2D eigenvalue weighted by Crippen LogP contribution is 2.48. The van der Waals surface area contributed by atoms with E-state index in [0.717, 1.165) is 6.42 Å². The van der Waals surface area contributed by atoms with E-state index in [-0.39, 0.29) is 17.2 Å². The first-order valence-corrected chi connectivity index (χ1v) is 7.35. The molecule has 1 aliphatic heterocycles. The topological polar surface area (TPSA) is 47.3 Å². The van der Waals surface area contributed by atoms with Crippen LogP contribution in [0, 0.1) is 12.8 Å². The van der Waals surface area contributed by atoms with Gasteiger partial charge in [-0.05, 0) is 58.0 Å². The Morgan fingerprint density at radius 2 is 2.11 bits per heavy atom. The van der Waals surface area contributed by atoms with Gasteiger partial charge in [0.1, 0.15) is 0 Å². The van der Waals surface area contributed by atoms with Crippen LogP contribution in [0.3, 0.4) is 0 Å². The molecule has 0 spiro atoms. The predicted octanol–water partition coefficient (Wildman–Crippen LogP) is 3.15. The lowest BCUT2D eigenvalue weighted by atomic mass is 9.81. The zero-order valence-corrected chi connectivity index (χ0v) is 12.7. The molecule has 18 heavy (non-hydrogen) atoms. The summed E-state index contributed by atoms with van der Waals surface area (Å²) in [5.41, 5.74) is 4.09. The summed E-state index contributed by atoms with van der Waals surface area (Å²) < 4.78 is 6.18. The SMILES string of the molecule is Cc1ccsc1C(NN)C1CC(C)(C)OC1(C)C. The first-order valence-electron chi connectivity index (χ1n) is 6.47. The van der Waals surface area contributed by atoms with Gasteiger partial charge >= 0.3 is 0 Å². The van der Waals surface area contributed by atoms with Crippen molar-refractivity contribution in [2.75, 3.05) is 0 Å². The third-order valence-electron chi connectivity index (χ3n) is 3.91. The van der Waals surface area contributed by atoms with Gasteiger partial charge in [0.25, 0.3) is 0 Å². The van der Waals surface area contributed by atoms with Crippen LogP contribution in [0.4, 0.5) is 0 Å². The van der Waals surface area contributed by atoms with Crippen molar-refractivity contribution in [3.05, 3.63) is 21.9 Å². The molecular formula is C14H24N2OS. The molecule has 0 aromatic carbocycles. The van der Waals surface area contributed by atoms with Crippen LogP contribution in [-0.4, -0.2) is 11.2 Å². The fourth-order valence-electron chi connectivity index (χ4n) is 3.20. The van der Waals surface area contributed by atoms with Gasteiger partial charge < -0.3 is 4.74 Å². The van der Waals surface area contributed by atoms with E-state index in [2.05, 4.69) is 51.5 Å². The second-order valence-corrected chi connectivity index (χ2v) is 7.34. The van der Waals surface area contributed by atoms with Crippen molar-refractivity contribution in [2.24, 2.45) is 11.8 Å². The molecule has 1 fully saturated rings. The van der Waals surface area contributed by atoms with E-state index < -0.39 is 0 Å². The third-order valence-corrected chi connectivity index (χ3v) is 5.01. The Bertz CT molecular complexity index is 425. The Balaban J connectivity index is 2.32. The summed E-state index contributed by atoms with van der Waals surface area (Å²) in [6.45, 7) is 10.8. The summed E-state index contributed by atoms with van der Waals surface area (Å²) >= 11 is 1.77. The van der Waals surface area contributed by atoms with E-state index in [1.165, 1.54) is 10.4 Å². The van der Waals surface area contributed by atoms with Crippen molar-refractivity contribution < 1.29 is 4.74 Å². The number of ether oxygens (including phenoxy) is 1. The maximum absolute atomic E-state index is 6.18. The summed E-state index contributed by atoms with van der Waals surface area (Å²) in [6, 6.07) is 2.32. The van der Waals surface area contributed by atoms with Crippen LogP contribution >= 0.6 is 11.3 Å². The quantitative estimate of drug-likeness (QED) is 0.654. The van der Waals surface area contributed by atoms with Gasteiger partial charge in [0.05, 0.1) is 17.2 Å². The van der Waals surface area contributed by atoms with E-state index in [9.17, 15) is 0 Å². The Kier molecular flexibility index (Phi) is 3.58. The number of nitrogens with two attached hydrogens (primary N) is 1. The van der Waals surface area contributed by atoms with Gasteiger partial charge in [-0.15, -0.1) is 11.3 Å². The Hall–Kier alpha value is -0.420. The minimum Gasteiger partial charge on any atom is -0.369 e. The summed E-state index contributed by atoms with van der Waals surface area (Å²) in [6.07, 6.45) is 1.02. The van der Waals surface area contributed by atoms with Crippen LogP contribution in [-0.2, 0) is 4.74 Å². The molecule has 102 valence electrons. The molecule has 0 amide bonds. The smallest absolute Gasteiger partial charge is 0.0681 e. The molecule has 2 atom stereocenters. The van der Waals surface area contributed by atoms with Gasteiger partial charge in [-0.2, -0.15) is 0 Å². The predicted molar refractivity (Wildman–Crippen MR) is 76.5 cm³/mol. The van der Waals surface area contributed by atoms with Gasteiger partial charge in [-0.1, -0.05) is 0 Å². The third kappa shape index (κ3) is 2.48. The summed E-state index contributed by atoms with van der Waals surface area (Å²) in [5, 5.41) is 2.13. The van der Waals surface area contributed by atoms with Crippen molar-refractivity contribution in [1.29, 1.82) is 0 Å². The van der Waals surface area contributed by atoms with E-state index in [0.29, 0.717) is 5.92 Å². The van der Waals surface area contributed by atoms with Crippen molar-refractivity contribution in [2.45, 2.75) is 58.3 Å². The highest BCUT2D eigenvalue weighted by molar-refractivity contribution is 7.10. The molecule has 0 saturated carbocycles. The Labute approximate surface area is 114 Å². The van der Waals surface area contributed by atoms with Crippen LogP contribution in [0.5, 0.6) is 0 Å². The van der Waals surface area contributed by atoms with Crippen molar-refractivity contribution in [1.82, 2.24) is 5.43 Å². The average molecular weight is 268 g/mol. The molecule has 1 aromatic heterocycles. The first kappa shape index (κ1) is 14.0.